The molecule has 2 aliphatic rings. The Morgan fingerprint density at radius 2 is 2.07 bits per heavy atom. The first-order valence-electron chi connectivity index (χ1n) is 10.3. The molecule has 7 nitrogen and oxygen atoms in total. The number of likely N-dealkylation sites (tertiary alicyclic amines) is 1. The topological polar surface area (TPSA) is 90.9 Å². The highest BCUT2D eigenvalue weighted by molar-refractivity contribution is 6.00. The van der Waals surface area contributed by atoms with E-state index in [0.29, 0.717) is 29.8 Å². The SMILES string of the molecule is COc1cccc(C(=O)N[C@@H]2CN(C(=O)c3cccc4c3NCCC4)CC[C@@H]2O)c1. The molecule has 1 saturated heterocycles. The summed E-state index contributed by atoms with van der Waals surface area (Å²) < 4.78 is 5.17. The van der Waals surface area contributed by atoms with Crippen molar-refractivity contribution in [3.05, 3.63) is 59.2 Å². The van der Waals surface area contributed by atoms with Crippen molar-refractivity contribution in [2.24, 2.45) is 0 Å². The number of benzene rings is 2. The Balaban J connectivity index is 1.48. The predicted molar refractivity (Wildman–Crippen MR) is 114 cm³/mol. The van der Waals surface area contributed by atoms with Gasteiger partial charge in [-0.15, -0.1) is 0 Å². The summed E-state index contributed by atoms with van der Waals surface area (Å²) in [5.74, 6) is 0.213. The monoisotopic (exact) mass is 409 g/mol. The van der Waals surface area contributed by atoms with Gasteiger partial charge in [0.15, 0.2) is 0 Å². The quantitative estimate of drug-likeness (QED) is 0.719. The Kier molecular flexibility index (Phi) is 5.90. The Hall–Kier alpha value is -3.06. The maximum Gasteiger partial charge on any atom is 0.256 e. The average molecular weight is 409 g/mol. The number of hydrogen-bond donors (Lipinski definition) is 3. The van der Waals surface area contributed by atoms with Gasteiger partial charge in [0.25, 0.3) is 11.8 Å². The van der Waals surface area contributed by atoms with Gasteiger partial charge in [-0.25, -0.2) is 0 Å². The van der Waals surface area contributed by atoms with Gasteiger partial charge in [0, 0.05) is 25.2 Å². The van der Waals surface area contributed by atoms with Crippen molar-refractivity contribution in [1.29, 1.82) is 0 Å². The van der Waals surface area contributed by atoms with Crippen LogP contribution in [0.3, 0.4) is 0 Å². The van der Waals surface area contributed by atoms with Crippen LogP contribution in [0.4, 0.5) is 5.69 Å². The Morgan fingerprint density at radius 1 is 1.23 bits per heavy atom. The van der Waals surface area contributed by atoms with Gasteiger partial charge in [-0.3, -0.25) is 9.59 Å². The molecule has 4 rings (SSSR count). The number of piperidine rings is 1. The fraction of sp³-hybridized carbons (Fsp3) is 0.391. The van der Waals surface area contributed by atoms with E-state index in [2.05, 4.69) is 16.7 Å². The molecule has 2 aliphatic heterocycles. The van der Waals surface area contributed by atoms with Crippen molar-refractivity contribution in [3.63, 3.8) is 0 Å². The van der Waals surface area contributed by atoms with Crippen molar-refractivity contribution in [2.45, 2.75) is 31.4 Å². The van der Waals surface area contributed by atoms with Crippen LogP contribution in [-0.2, 0) is 6.42 Å². The molecule has 3 N–H and O–H groups in total. The highest BCUT2D eigenvalue weighted by Gasteiger charge is 2.33. The van der Waals surface area contributed by atoms with Crippen LogP contribution in [0.1, 0.15) is 39.1 Å². The van der Waals surface area contributed by atoms with E-state index in [1.54, 1.807) is 36.3 Å². The summed E-state index contributed by atoms with van der Waals surface area (Å²) in [6, 6.07) is 12.1. The minimum Gasteiger partial charge on any atom is -0.497 e. The fourth-order valence-electron chi connectivity index (χ4n) is 4.14. The normalized spacial score (nSPS) is 20.7. The number of fused-ring (bicyclic) bond motifs is 1. The van der Waals surface area contributed by atoms with E-state index in [9.17, 15) is 14.7 Å². The first-order valence-corrected chi connectivity index (χ1v) is 10.3. The Labute approximate surface area is 176 Å². The second-order valence-corrected chi connectivity index (χ2v) is 7.79. The number of anilines is 1. The first-order chi connectivity index (χ1) is 14.6. The molecule has 2 heterocycles. The molecule has 30 heavy (non-hydrogen) atoms. The molecule has 2 aromatic rings. The molecule has 0 aliphatic carbocycles. The van der Waals surface area contributed by atoms with Crippen LogP contribution in [0.2, 0.25) is 0 Å². The number of nitrogens with zero attached hydrogens (tertiary/aromatic N) is 1. The summed E-state index contributed by atoms with van der Waals surface area (Å²) in [5.41, 5.74) is 3.18. The summed E-state index contributed by atoms with van der Waals surface area (Å²) >= 11 is 0. The zero-order valence-corrected chi connectivity index (χ0v) is 17.1. The molecule has 2 aromatic carbocycles. The number of ether oxygens (including phenoxy) is 1. The van der Waals surface area contributed by atoms with Gasteiger partial charge in [-0.1, -0.05) is 18.2 Å². The Bertz CT molecular complexity index is 946. The highest BCUT2D eigenvalue weighted by Crippen LogP contribution is 2.28. The lowest BCUT2D eigenvalue weighted by Gasteiger charge is -2.37. The van der Waals surface area contributed by atoms with E-state index in [1.807, 2.05) is 12.1 Å². The number of para-hydroxylation sites is 1. The third-order valence-electron chi connectivity index (χ3n) is 5.82. The van der Waals surface area contributed by atoms with Crippen molar-refractivity contribution in [2.75, 3.05) is 32.1 Å². The number of aliphatic hydroxyl groups is 1. The molecule has 0 spiro atoms. The van der Waals surface area contributed by atoms with Crippen LogP contribution in [0, 0.1) is 0 Å². The molecule has 1 fully saturated rings. The smallest absolute Gasteiger partial charge is 0.256 e. The zero-order valence-electron chi connectivity index (χ0n) is 17.1. The van der Waals surface area contributed by atoms with Gasteiger partial charge in [0.2, 0.25) is 0 Å². The summed E-state index contributed by atoms with van der Waals surface area (Å²) in [7, 11) is 1.54. The molecule has 0 unspecified atom stereocenters. The fourth-order valence-corrected chi connectivity index (χ4v) is 4.14. The van der Waals surface area contributed by atoms with E-state index < -0.39 is 12.1 Å². The molecule has 2 atom stereocenters. The van der Waals surface area contributed by atoms with E-state index in [4.69, 9.17) is 4.74 Å². The number of rotatable bonds is 4. The third-order valence-corrected chi connectivity index (χ3v) is 5.82. The number of nitrogens with one attached hydrogen (secondary N) is 2. The van der Waals surface area contributed by atoms with Crippen LogP contribution < -0.4 is 15.4 Å². The maximum atomic E-state index is 13.2. The minimum atomic E-state index is -0.702. The lowest BCUT2D eigenvalue weighted by Crippen LogP contribution is -2.56. The lowest BCUT2D eigenvalue weighted by molar-refractivity contribution is 0.0359. The van der Waals surface area contributed by atoms with Crippen LogP contribution >= 0.6 is 0 Å². The van der Waals surface area contributed by atoms with Crippen LogP contribution in [0.25, 0.3) is 0 Å². The summed E-state index contributed by atoms with van der Waals surface area (Å²) in [6.07, 6.45) is 1.73. The van der Waals surface area contributed by atoms with E-state index in [1.165, 1.54) is 0 Å². The minimum absolute atomic E-state index is 0.0752. The number of methoxy groups -OCH3 is 1. The summed E-state index contributed by atoms with van der Waals surface area (Å²) in [4.78, 5) is 27.6. The summed E-state index contributed by atoms with van der Waals surface area (Å²) in [5, 5.41) is 16.7. The molecular weight excluding hydrogens is 382 g/mol. The summed E-state index contributed by atoms with van der Waals surface area (Å²) in [6.45, 7) is 1.57. The van der Waals surface area contributed by atoms with Crippen LogP contribution in [-0.4, -0.2) is 60.7 Å². The highest BCUT2D eigenvalue weighted by atomic mass is 16.5. The second kappa shape index (κ2) is 8.75. The van der Waals surface area contributed by atoms with Crippen molar-refractivity contribution < 1.29 is 19.4 Å². The van der Waals surface area contributed by atoms with E-state index in [-0.39, 0.29) is 18.4 Å². The molecule has 7 heteroatoms. The maximum absolute atomic E-state index is 13.2. The predicted octanol–water partition coefficient (Wildman–Crippen LogP) is 2.06. The van der Waals surface area contributed by atoms with Gasteiger partial charge in [-0.2, -0.15) is 0 Å². The number of carbonyl (C=O) groups is 2. The van der Waals surface area contributed by atoms with E-state index in [0.717, 1.165) is 30.6 Å². The third kappa shape index (κ3) is 4.11. The number of aliphatic hydroxyl groups excluding tert-OH is 1. The molecule has 158 valence electrons. The van der Waals surface area contributed by atoms with Gasteiger partial charge < -0.3 is 25.4 Å². The molecule has 2 amide bonds. The van der Waals surface area contributed by atoms with E-state index >= 15 is 0 Å². The molecule has 0 radical (unpaired) electrons. The standard InChI is InChI=1S/C23H27N3O4/c1-30-17-8-2-6-16(13-17)22(28)25-19-14-26(12-10-20(19)27)23(29)18-9-3-5-15-7-4-11-24-21(15)18/h2-3,5-6,8-9,13,19-20,24,27H,4,7,10-12,14H2,1H3,(H,25,28)/t19-,20+/m1/s1. The van der Waals surface area contributed by atoms with Gasteiger partial charge in [0.1, 0.15) is 5.75 Å². The zero-order chi connectivity index (χ0) is 21.1. The van der Waals surface area contributed by atoms with Crippen molar-refractivity contribution >= 4 is 17.5 Å². The van der Waals surface area contributed by atoms with Gasteiger partial charge in [0.05, 0.1) is 30.5 Å². The lowest BCUT2D eigenvalue weighted by atomic mass is 9.97. The second-order valence-electron chi connectivity index (χ2n) is 7.79. The van der Waals surface area contributed by atoms with Crippen molar-refractivity contribution in [1.82, 2.24) is 10.2 Å². The van der Waals surface area contributed by atoms with Gasteiger partial charge >= 0.3 is 0 Å². The molecule has 0 saturated carbocycles. The molecule has 0 bridgehead atoms. The van der Waals surface area contributed by atoms with Crippen LogP contribution in [0.15, 0.2) is 42.5 Å². The number of amides is 2. The molecular formula is C23H27N3O4. The Morgan fingerprint density at radius 3 is 2.90 bits per heavy atom. The van der Waals surface area contributed by atoms with Crippen molar-refractivity contribution in [3.8, 4) is 5.75 Å². The first kappa shape index (κ1) is 20.2. The number of hydrogen-bond acceptors (Lipinski definition) is 5. The molecule has 0 aromatic heterocycles. The number of aryl methyl sites for hydroxylation is 1. The number of carbonyl (C=O) groups excluding carboxylic acids is 2. The average Bonchev–Trinajstić information content (AvgIpc) is 2.79. The van der Waals surface area contributed by atoms with Gasteiger partial charge in [-0.05, 0) is 49.1 Å². The largest absolute Gasteiger partial charge is 0.497 e. The van der Waals surface area contributed by atoms with Crippen LogP contribution in [0.5, 0.6) is 5.75 Å².